The Morgan fingerprint density at radius 3 is 2.67 bits per heavy atom. The first-order valence-electron chi connectivity index (χ1n) is 4.65. The van der Waals surface area contributed by atoms with Gasteiger partial charge in [0.15, 0.2) is 0 Å². The maximum atomic E-state index is 10.2. The fraction of sp³-hybridized carbons (Fsp3) is 0.900. The number of isocyanates is 1. The average Bonchev–Trinajstić information content (AvgIpc) is 1.97. The molecule has 0 aliphatic heterocycles. The Morgan fingerprint density at radius 2 is 2.17 bits per heavy atom. The summed E-state index contributed by atoms with van der Waals surface area (Å²) in [6, 6.07) is 0.184. The van der Waals surface area contributed by atoms with Crippen LogP contribution in [0, 0.1) is 11.3 Å². The Hall–Kier alpha value is -0.620. The molecule has 0 heterocycles. The molecule has 68 valence electrons. The molecule has 1 aliphatic rings. The summed E-state index contributed by atoms with van der Waals surface area (Å²) in [5, 5.41) is 0. The van der Waals surface area contributed by atoms with Crippen molar-refractivity contribution < 1.29 is 4.79 Å². The molecule has 2 heteroatoms. The van der Waals surface area contributed by atoms with Gasteiger partial charge in [0.25, 0.3) is 0 Å². The van der Waals surface area contributed by atoms with Gasteiger partial charge in [-0.15, -0.1) is 0 Å². The molecular weight excluding hydrogens is 150 g/mol. The maximum absolute atomic E-state index is 10.2. The maximum Gasteiger partial charge on any atom is 0.235 e. The first kappa shape index (κ1) is 9.47. The smallest absolute Gasteiger partial charge is 0.211 e. The molecule has 0 aromatic rings. The standard InChI is InChI=1S/C10H17NO/c1-8-5-4-6-10(2,3)9(8)11-7-12/h8-9H,4-6H2,1-3H3/t8-,9+/m0/s1. The molecule has 12 heavy (non-hydrogen) atoms. The lowest BCUT2D eigenvalue weighted by Gasteiger charge is -2.39. The molecule has 1 fully saturated rings. The van der Waals surface area contributed by atoms with Crippen LogP contribution in [0.25, 0.3) is 0 Å². The van der Waals surface area contributed by atoms with E-state index < -0.39 is 0 Å². The van der Waals surface area contributed by atoms with Crippen LogP contribution in [0.1, 0.15) is 40.0 Å². The van der Waals surface area contributed by atoms with Crippen LogP contribution in [-0.4, -0.2) is 12.1 Å². The van der Waals surface area contributed by atoms with Crippen LogP contribution in [0.3, 0.4) is 0 Å². The van der Waals surface area contributed by atoms with Crippen LogP contribution < -0.4 is 0 Å². The van der Waals surface area contributed by atoms with Crippen molar-refractivity contribution >= 4 is 6.08 Å². The van der Waals surface area contributed by atoms with E-state index in [0.29, 0.717) is 5.92 Å². The van der Waals surface area contributed by atoms with Crippen molar-refractivity contribution in [1.29, 1.82) is 0 Å². The molecule has 0 amide bonds. The Morgan fingerprint density at radius 1 is 1.50 bits per heavy atom. The summed E-state index contributed by atoms with van der Waals surface area (Å²) < 4.78 is 0. The van der Waals surface area contributed by atoms with Gasteiger partial charge < -0.3 is 0 Å². The van der Waals surface area contributed by atoms with Gasteiger partial charge in [-0.25, -0.2) is 9.79 Å². The van der Waals surface area contributed by atoms with Crippen LogP contribution in [0.5, 0.6) is 0 Å². The summed E-state index contributed by atoms with van der Waals surface area (Å²) in [5.74, 6) is 0.537. The number of carbonyl (C=O) groups excluding carboxylic acids is 1. The predicted molar refractivity (Wildman–Crippen MR) is 48.7 cm³/mol. The average molecular weight is 167 g/mol. The van der Waals surface area contributed by atoms with Gasteiger partial charge in [0.2, 0.25) is 6.08 Å². The minimum Gasteiger partial charge on any atom is -0.211 e. The number of aliphatic imine (C=N–C) groups is 1. The van der Waals surface area contributed by atoms with Crippen molar-refractivity contribution in [2.45, 2.75) is 46.1 Å². The first-order valence-corrected chi connectivity index (χ1v) is 4.65. The van der Waals surface area contributed by atoms with Crippen LogP contribution >= 0.6 is 0 Å². The lowest BCUT2D eigenvalue weighted by molar-refractivity contribution is 0.151. The van der Waals surface area contributed by atoms with Crippen LogP contribution in [0.4, 0.5) is 0 Å². The summed E-state index contributed by atoms with van der Waals surface area (Å²) in [5.41, 5.74) is 0.190. The van der Waals surface area contributed by atoms with Gasteiger partial charge in [0.05, 0.1) is 6.04 Å². The van der Waals surface area contributed by atoms with E-state index in [1.807, 2.05) is 0 Å². The van der Waals surface area contributed by atoms with Gasteiger partial charge in [-0.2, -0.15) is 0 Å². The summed E-state index contributed by atoms with van der Waals surface area (Å²) in [6.45, 7) is 6.55. The highest BCUT2D eigenvalue weighted by molar-refractivity contribution is 5.34. The zero-order valence-electron chi connectivity index (χ0n) is 8.13. The monoisotopic (exact) mass is 167 g/mol. The van der Waals surface area contributed by atoms with Gasteiger partial charge in [-0.05, 0) is 24.2 Å². The molecule has 0 saturated heterocycles. The zero-order valence-corrected chi connectivity index (χ0v) is 8.13. The minimum absolute atomic E-state index is 0.184. The third-order valence-electron chi connectivity index (χ3n) is 3.01. The van der Waals surface area contributed by atoms with E-state index in [-0.39, 0.29) is 11.5 Å². The Labute approximate surface area is 74.1 Å². The second kappa shape index (κ2) is 3.40. The normalized spacial score (nSPS) is 33.9. The number of rotatable bonds is 1. The Kier molecular flexibility index (Phi) is 2.69. The first-order chi connectivity index (χ1) is 5.58. The van der Waals surface area contributed by atoms with Crippen LogP contribution in [0.2, 0.25) is 0 Å². The number of hydrogen-bond donors (Lipinski definition) is 0. The molecular formula is C10H17NO. The molecule has 0 aromatic carbocycles. The Bertz CT molecular complexity index is 204. The van der Waals surface area contributed by atoms with Crippen molar-refractivity contribution in [1.82, 2.24) is 0 Å². The molecule has 0 radical (unpaired) electrons. The molecule has 0 N–H and O–H groups in total. The van der Waals surface area contributed by atoms with Crippen LogP contribution in [-0.2, 0) is 4.79 Å². The van der Waals surface area contributed by atoms with E-state index in [2.05, 4.69) is 25.8 Å². The second-order valence-corrected chi connectivity index (χ2v) is 4.52. The fourth-order valence-electron chi connectivity index (χ4n) is 2.31. The van der Waals surface area contributed by atoms with E-state index >= 15 is 0 Å². The summed E-state index contributed by atoms with van der Waals surface area (Å²) in [6.07, 6.45) is 5.33. The largest absolute Gasteiger partial charge is 0.235 e. The predicted octanol–water partition coefficient (Wildman–Crippen LogP) is 2.54. The lowest BCUT2D eigenvalue weighted by atomic mass is 9.69. The summed E-state index contributed by atoms with van der Waals surface area (Å²) >= 11 is 0. The van der Waals surface area contributed by atoms with Gasteiger partial charge in [0.1, 0.15) is 0 Å². The van der Waals surface area contributed by atoms with Gasteiger partial charge in [-0.3, -0.25) is 0 Å². The molecule has 0 bridgehead atoms. The molecule has 0 unspecified atom stereocenters. The summed E-state index contributed by atoms with van der Waals surface area (Å²) in [4.78, 5) is 14.1. The van der Waals surface area contributed by atoms with E-state index in [1.54, 1.807) is 6.08 Å². The highest BCUT2D eigenvalue weighted by Gasteiger charge is 2.36. The lowest BCUT2D eigenvalue weighted by Crippen LogP contribution is -2.37. The van der Waals surface area contributed by atoms with E-state index in [1.165, 1.54) is 19.3 Å². The third-order valence-corrected chi connectivity index (χ3v) is 3.01. The topological polar surface area (TPSA) is 29.4 Å². The van der Waals surface area contributed by atoms with Crippen molar-refractivity contribution in [2.75, 3.05) is 0 Å². The molecule has 1 aliphatic carbocycles. The van der Waals surface area contributed by atoms with Gasteiger partial charge >= 0.3 is 0 Å². The number of hydrogen-bond acceptors (Lipinski definition) is 2. The second-order valence-electron chi connectivity index (χ2n) is 4.52. The Balaban J connectivity index is 2.80. The van der Waals surface area contributed by atoms with Crippen molar-refractivity contribution in [2.24, 2.45) is 16.3 Å². The van der Waals surface area contributed by atoms with Gasteiger partial charge in [-0.1, -0.05) is 27.2 Å². The van der Waals surface area contributed by atoms with E-state index in [0.717, 1.165) is 0 Å². The molecule has 2 nitrogen and oxygen atoms in total. The zero-order chi connectivity index (χ0) is 9.19. The third kappa shape index (κ3) is 1.75. The molecule has 1 saturated carbocycles. The van der Waals surface area contributed by atoms with E-state index in [9.17, 15) is 4.79 Å². The van der Waals surface area contributed by atoms with Crippen molar-refractivity contribution in [3.05, 3.63) is 0 Å². The SMILES string of the molecule is C[C@H]1CCCC(C)(C)[C@@H]1N=C=O. The highest BCUT2D eigenvalue weighted by atomic mass is 16.1. The quantitative estimate of drug-likeness (QED) is 0.436. The minimum atomic E-state index is 0.184. The van der Waals surface area contributed by atoms with Gasteiger partial charge in [0, 0.05) is 0 Å². The highest BCUT2D eigenvalue weighted by Crippen LogP contribution is 2.40. The summed E-state index contributed by atoms with van der Waals surface area (Å²) in [7, 11) is 0. The van der Waals surface area contributed by atoms with Crippen molar-refractivity contribution in [3.8, 4) is 0 Å². The van der Waals surface area contributed by atoms with Crippen molar-refractivity contribution in [3.63, 3.8) is 0 Å². The van der Waals surface area contributed by atoms with E-state index in [4.69, 9.17) is 0 Å². The molecule has 0 spiro atoms. The molecule has 2 atom stereocenters. The fourth-order valence-corrected chi connectivity index (χ4v) is 2.31. The molecule has 1 rings (SSSR count). The molecule has 0 aromatic heterocycles. The van der Waals surface area contributed by atoms with Crippen LogP contribution in [0.15, 0.2) is 4.99 Å². The number of nitrogens with zero attached hydrogens (tertiary/aromatic N) is 1.